The molecule has 2 amide bonds. The number of morpholine rings is 1. The zero-order valence-electron chi connectivity index (χ0n) is 22.0. The minimum absolute atomic E-state index is 0.0737. The van der Waals surface area contributed by atoms with Crippen LogP contribution in [0.4, 0.5) is 0 Å². The van der Waals surface area contributed by atoms with E-state index in [1.54, 1.807) is 0 Å². The van der Waals surface area contributed by atoms with Crippen molar-refractivity contribution in [3.8, 4) is 11.8 Å². The molecule has 3 heterocycles. The van der Waals surface area contributed by atoms with Crippen molar-refractivity contribution in [2.75, 3.05) is 46.0 Å². The standard InChI is InChI=1S/C29H37N5O4/c30-19-29(9-10-29)32-27(35)21-4-1-2-5-22(21)28(36)34-11-8-24-23(18-34)20-6-3-7-25(26(20)31-24)38-17-14-33-12-15-37-16-13-33/h3,6-7,21-22,31H,1-2,4-5,8-18H2,(H,32,35). The molecule has 3 fully saturated rings. The topological polar surface area (TPSA) is 111 Å². The number of hydrogen-bond donors (Lipinski definition) is 2. The Labute approximate surface area is 223 Å². The summed E-state index contributed by atoms with van der Waals surface area (Å²) in [4.78, 5) is 34.8. The number of nitrogens with one attached hydrogen (secondary N) is 2. The van der Waals surface area contributed by atoms with E-state index in [1.165, 1.54) is 0 Å². The zero-order chi connectivity index (χ0) is 26.1. The van der Waals surface area contributed by atoms with Crippen LogP contribution in [0.15, 0.2) is 18.2 Å². The molecule has 1 aromatic carbocycles. The number of hydrogen-bond acceptors (Lipinski definition) is 6. The predicted octanol–water partition coefficient (Wildman–Crippen LogP) is 2.74. The van der Waals surface area contributed by atoms with Gasteiger partial charge in [-0.2, -0.15) is 5.26 Å². The third-order valence-corrected chi connectivity index (χ3v) is 8.80. The molecule has 1 saturated heterocycles. The van der Waals surface area contributed by atoms with Crippen molar-refractivity contribution in [3.05, 3.63) is 29.5 Å². The van der Waals surface area contributed by atoms with E-state index in [1.807, 2.05) is 17.0 Å². The number of para-hydroxylation sites is 1. The van der Waals surface area contributed by atoms with Gasteiger partial charge in [0.15, 0.2) is 0 Å². The molecule has 38 heavy (non-hydrogen) atoms. The van der Waals surface area contributed by atoms with Crippen LogP contribution in [0.3, 0.4) is 0 Å². The van der Waals surface area contributed by atoms with E-state index < -0.39 is 5.54 Å². The molecule has 2 saturated carbocycles. The van der Waals surface area contributed by atoms with E-state index in [-0.39, 0.29) is 23.7 Å². The van der Waals surface area contributed by atoms with Crippen LogP contribution in [0, 0.1) is 23.2 Å². The van der Waals surface area contributed by atoms with Crippen molar-refractivity contribution >= 4 is 22.7 Å². The molecule has 9 nitrogen and oxygen atoms in total. The zero-order valence-corrected chi connectivity index (χ0v) is 22.0. The fraction of sp³-hybridized carbons (Fsp3) is 0.621. The smallest absolute Gasteiger partial charge is 0.226 e. The van der Waals surface area contributed by atoms with Crippen molar-refractivity contribution in [2.24, 2.45) is 11.8 Å². The van der Waals surface area contributed by atoms with Crippen LogP contribution in [0.2, 0.25) is 0 Å². The summed E-state index contributed by atoms with van der Waals surface area (Å²) in [6.07, 6.45) is 5.51. The van der Waals surface area contributed by atoms with Crippen LogP contribution in [-0.2, 0) is 27.3 Å². The number of aromatic nitrogens is 1. The molecule has 9 heteroatoms. The second-order valence-corrected chi connectivity index (χ2v) is 11.3. The molecule has 2 unspecified atom stereocenters. The lowest BCUT2D eigenvalue weighted by atomic mass is 9.77. The van der Waals surface area contributed by atoms with Gasteiger partial charge in [-0.05, 0) is 31.7 Å². The minimum Gasteiger partial charge on any atom is -0.490 e. The highest BCUT2D eigenvalue weighted by atomic mass is 16.5. The summed E-state index contributed by atoms with van der Waals surface area (Å²) in [5, 5.41) is 13.5. The Morgan fingerprint density at radius 1 is 1.16 bits per heavy atom. The van der Waals surface area contributed by atoms with Gasteiger partial charge < -0.3 is 24.7 Å². The number of ether oxygens (including phenoxy) is 2. The number of H-pyrrole nitrogens is 1. The first-order chi connectivity index (χ1) is 18.6. The first-order valence-electron chi connectivity index (χ1n) is 14.1. The van der Waals surface area contributed by atoms with Gasteiger partial charge in [-0.1, -0.05) is 25.0 Å². The summed E-state index contributed by atoms with van der Waals surface area (Å²) < 4.78 is 11.6. The fourth-order valence-corrected chi connectivity index (χ4v) is 6.32. The van der Waals surface area contributed by atoms with E-state index in [0.29, 0.717) is 39.0 Å². The Hall–Kier alpha value is -3.09. The molecule has 2 N–H and O–H groups in total. The molecule has 2 atom stereocenters. The van der Waals surface area contributed by atoms with Gasteiger partial charge >= 0.3 is 0 Å². The number of rotatable bonds is 7. The fourth-order valence-electron chi connectivity index (χ4n) is 6.32. The minimum atomic E-state index is -0.700. The van der Waals surface area contributed by atoms with Crippen molar-refractivity contribution in [3.63, 3.8) is 0 Å². The van der Waals surface area contributed by atoms with Crippen LogP contribution in [-0.4, -0.2) is 78.1 Å². The predicted molar refractivity (Wildman–Crippen MR) is 141 cm³/mol. The van der Waals surface area contributed by atoms with Crippen LogP contribution in [0.1, 0.15) is 49.8 Å². The molecule has 202 valence electrons. The second-order valence-electron chi connectivity index (χ2n) is 11.3. The number of carbonyl (C=O) groups is 2. The summed E-state index contributed by atoms with van der Waals surface area (Å²) >= 11 is 0. The molecule has 1 aromatic heterocycles. The van der Waals surface area contributed by atoms with Gasteiger partial charge in [0, 0.05) is 67.6 Å². The second kappa shape index (κ2) is 10.6. The van der Waals surface area contributed by atoms with Crippen molar-refractivity contribution < 1.29 is 19.1 Å². The van der Waals surface area contributed by atoms with Gasteiger partial charge in [-0.15, -0.1) is 0 Å². The lowest BCUT2D eigenvalue weighted by molar-refractivity contribution is -0.144. The Bertz CT molecular complexity index is 1240. The number of benzene rings is 1. The summed E-state index contributed by atoms with van der Waals surface area (Å²) in [6, 6.07) is 8.36. The van der Waals surface area contributed by atoms with E-state index in [0.717, 1.165) is 86.4 Å². The summed E-state index contributed by atoms with van der Waals surface area (Å²) in [6.45, 7) is 6.10. The normalized spacial score (nSPS) is 24.9. The van der Waals surface area contributed by atoms with Gasteiger partial charge in [-0.25, -0.2) is 0 Å². The van der Waals surface area contributed by atoms with Crippen molar-refractivity contribution in [1.29, 1.82) is 5.26 Å². The SMILES string of the molecule is N#CC1(NC(=O)C2CCCCC2C(=O)N2CCc3[nH]c4c(OCCN5CCOCC5)cccc4c3C2)CC1. The van der Waals surface area contributed by atoms with Gasteiger partial charge in [0.2, 0.25) is 11.8 Å². The molecule has 0 bridgehead atoms. The van der Waals surface area contributed by atoms with Crippen LogP contribution >= 0.6 is 0 Å². The molecular weight excluding hydrogens is 482 g/mol. The average molecular weight is 520 g/mol. The lowest BCUT2D eigenvalue weighted by Gasteiger charge is -2.36. The average Bonchev–Trinajstić information content (AvgIpc) is 3.63. The van der Waals surface area contributed by atoms with E-state index in [2.05, 4.69) is 27.3 Å². The Balaban J connectivity index is 1.14. The van der Waals surface area contributed by atoms with E-state index in [9.17, 15) is 14.9 Å². The summed E-state index contributed by atoms with van der Waals surface area (Å²) in [7, 11) is 0. The third-order valence-electron chi connectivity index (χ3n) is 8.80. The summed E-state index contributed by atoms with van der Waals surface area (Å²) in [5.41, 5.74) is 2.61. The Kier molecular flexibility index (Phi) is 7.02. The molecule has 4 aliphatic rings. The third kappa shape index (κ3) is 4.99. The van der Waals surface area contributed by atoms with E-state index in [4.69, 9.17) is 9.47 Å². The highest BCUT2D eigenvalue weighted by Gasteiger charge is 2.47. The first kappa shape index (κ1) is 25.2. The largest absolute Gasteiger partial charge is 0.490 e. The quantitative estimate of drug-likeness (QED) is 0.582. The number of fused-ring (bicyclic) bond motifs is 3. The van der Waals surface area contributed by atoms with Gasteiger partial charge in [0.05, 0.1) is 24.8 Å². The maximum absolute atomic E-state index is 13.8. The number of nitrogens with zero attached hydrogens (tertiary/aromatic N) is 3. The van der Waals surface area contributed by atoms with Crippen LogP contribution in [0.25, 0.3) is 10.9 Å². The first-order valence-corrected chi connectivity index (χ1v) is 14.1. The Morgan fingerprint density at radius 2 is 1.95 bits per heavy atom. The number of aromatic amines is 1. The number of nitriles is 1. The Morgan fingerprint density at radius 3 is 2.71 bits per heavy atom. The number of amides is 2. The van der Waals surface area contributed by atoms with Crippen LogP contribution < -0.4 is 10.1 Å². The van der Waals surface area contributed by atoms with Gasteiger partial charge in [0.25, 0.3) is 0 Å². The highest BCUT2D eigenvalue weighted by molar-refractivity contribution is 5.92. The number of carbonyl (C=O) groups excluding carboxylic acids is 2. The molecule has 0 radical (unpaired) electrons. The van der Waals surface area contributed by atoms with Crippen molar-refractivity contribution in [2.45, 2.75) is 57.0 Å². The lowest BCUT2D eigenvalue weighted by Crippen LogP contribution is -2.48. The van der Waals surface area contributed by atoms with Crippen molar-refractivity contribution in [1.82, 2.24) is 20.1 Å². The van der Waals surface area contributed by atoms with Gasteiger partial charge in [0.1, 0.15) is 17.9 Å². The van der Waals surface area contributed by atoms with Crippen LogP contribution in [0.5, 0.6) is 5.75 Å². The molecule has 2 aliphatic carbocycles. The molecule has 0 spiro atoms. The maximum atomic E-state index is 13.8. The molecule has 2 aromatic rings. The molecule has 2 aliphatic heterocycles. The van der Waals surface area contributed by atoms with E-state index >= 15 is 0 Å². The maximum Gasteiger partial charge on any atom is 0.226 e. The highest BCUT2D eigenvalue weighted by Crippen LogP contribution is 2.39. The molecular formula is C29H37N5O4. The molecule has 6 rings (SSSR count). The summed E-state index contributed by atoms with van der Waals surface area (Å²) in [5.74, 6) is 0.135. The monoisotopic (exact) mass is 519 g/mol. The van der Waals surface area contributed by atoms with Gasteiger partial charge in [-0.3, -0.25) is 14.5 Å².